The molecule has 1 unspecified atom stereocenters. The van der Waals surface area contributed by atoms with Crippen LogP contribution in [0.1, 0.15) is 43.1 Å². The molecule has 1 aliphatic carbocycles. The van der Waals surface area contributed by atoms with Crippen LogP contribution in [-0.4, -0.2) is 21.9 Å². The SMILES string of the molecule is COc1ccccc1C(NCc1ncnn1C)C1CCCC1. The summed E-state index contributed by atoms with van der Waals surface area (Å²) in [7, 11) is 3.67. The van der Waals surface area contributed by atoms with Crippen molar-refractivity contribution in [2.24, 2.45) is 13.0 Å². The van der Waals surface area contributed by atoms with Gasteiger partial charge in [0.15, 0.2) is 0 Å². The van der Waals surface area contributed by atoms with Gasteiger partial charge in [0.05, 0.1) is 13.7 Å². The highest BCUT2D eigenvalue weighted by molar-refractivity contribution is 5.36. The summed E-state index contributed by atoms with van der Waals surface area (Å²) in [5.41, 5.74) is 1.25. The number of hydrogen-bond acceptors (Lipinski definition) is 4. The molecule has 1 N–H and O–H groups in total. The summed E-state index contributed by atoms with van der Waals surface area (Å²) in [6, 6.07) is 8.63. The highest BCUT2D eigenvalue weighted by Crippen LogP contribution is 2.39. The van der Waals surface area contributed by atoms with Crippen molar-refractivity contribution in [1.29, 1.82) is 0 Å². The van der Waals surface area contributed by atoms with Crippen LogP contribution < -0.4 is 10.1 Å². The molecule has 0 aliphatic heterocycles. The molecule has 1 aromatic heterocycles. The van der Waals surface area contributed by atoms with E-state index in [0.717, 1.165) is 18.1 Å². The van der Waals surface area contributed by atoms with E-state index in [-0.39, 0.29) is 0 Å². The van der Waals surface area contributed by atoms with Gasteiger partial charge < -0.3 is 10.1 Å². The number of nitrogens with one attached hydrogen (secondary N) is 1. The van der Waals surface area contributed by atoms with E-state index in [1.165, 1.54) is 31.2 Å². The van der Waals surface area contributed by atoms with Crippen LogP contribution in [0.25, 0.3) is 0 Å². The van der Waals surface area contributed by atoms with Crippen LogP contribution in [0.15, 0.2) is 30.6 Å². The largest absolute Gasteiger partial charge is 0.496 e. The molecule has 5 nitrogen and oxygen atoms in total. The van der Waals surface area contributed by atoms with Crippen molar-refractivity contribution in [3.05, 3.63) is 42.0 Å². The lowest BCUT2D eigenvalue weighted by Crippen LogP contribution is -2.28. The summed E-state index contributed by atoms with van der Waals surface area (Å²) in [6.07, 6.45) is 6.79. The van der Waals surface area contributed by atoms with Gasteiger partial charge in [-0.3, -0.25) is 4.68 Å². The van der Waals surface area contributed by atoms with Gasteiger partial charge in [-0.05, 0) is 24.8 Å². The molecular weight excluding hydrogens is 276 g/mol. The van der Waals surface area contributed by atoms with E-state index in [0.29, 0.717) is 12.0 Å². The molecule has 1 atom stereocenters. The van der Waals surface area contributed by atoms with Crippen LogP contribution in [0.2, 0.25) is 0 Å². The number of benzene rings is 1. The van der Waals surface area contributed by atoms with E-state index in [1.807, 2.05) is 23.9 Å². The summed E-state index contributed by atoms with van der Waals surface area (Å²) >= 11 is 0. The quantitative estimate of drug-likeness (QED) is 0.891. The third kappa shape index (κ3) is 3.14. The summed E-state index contributed by atoms with van der Waals surface area (Å²) in [5.74, 6) is 2.58. The van der Waals surface area contributed by atoms with Gasteiger partial charge in [0.2, 0.25) is 0 Å². The maximum Gasteiger partial charge on any atom is 0.140 e. The van der Waals surface area contributed by atoms with Crippen molar-refractivity contribution < 1.29 is 4.74 Å². The molecule has 0 bridgehead atoms. The Labute approximate surface area is 131 Å². The first-order valence-electron chi connectivity index (χ1n) is 7.98. The Morgan fingerprint density at radius 3 is 2.77 bits per heavy atom. The van der Waals surface area contributed by atoms with E-state index in [4.69, 9.17) is 4.74 Å². The Hall–Kier alpha value is -1.88. The Bertz CT molecular complexity index is 604. The lowest BCUT2D eigenvalue weighted by Gasteiger charge is -2.26. The van der Waals surface area contributed by atoms with Gasteiger partial charge in [-0.25, -0.2) is 4.98 Å². The standard InChI is InChI=1S/C17H24N4O/c1-21-16(19-12-20-21)11-18-17(13-7-3-4-8-13)14-9-5-6-10-15(14)22-2/h5-6,9-10,12-13,17-18H,3-4,7-8,11H2,1-2H3. The highest BCUT2D eigenvalue weighted by atomic mass is 16.5. The van der Waals surface area contributed by atoms with Crippen LogP contribution >= 0.6 is 0 Å². The van der Waals surface area contributed by atoms with Crippen molar-refractivity contribution in [3.63, 3.8) is 0 Å². The number of rotatable bonds is 6. The van der Waals surface area contributed by atoms with Gasteiger partial charge >= 0.3 is 0 Å². The van der Waals surface area contributed by atoms with Gasteiger partial charge in [-0.2, -0.15) is 5.10 Å². The van der Waals surface area contributed by atoms with E-state index < -0.39 is 0 Å². The molecule has 0 spiro atoms. The minimum atomic E-state index is 0.301. The van der Waals surface area contributed by atoms with E-state index in [2.05, 4.69) is 27.5 Å². The summed E-state index contributed by atoms with van der Waals surface area (Å²) < 4.78 is 7.39. The predicted molar refractivity (Wildman–Crippen MR) is 85.5 cm³/mol. The minimum absolute atomic E-state index is 0.301. The number of hydrogen-bond donors (Lipinski definition) is 1. The number of ether oxygens (including phenoxy) is 1. The van der Waals surface area contributed by atoms with Crippen LogP contribution in [0, 0.1) is 5.92 Å². The zero-order chi connectivity index (χ0) is 15.4. The monoisotopic (exact) mass is 300 g/mol. The summed E-state index contributed by atoms with van der Waals surface area (Å²) in [6.45, 7) is 0.718. The van der Waals surface area contributed by atoms with Crippen molar-refractivity contribution in [1.82, 2.24) is 20.1 Å². The second-order valence-corrected chi connectivity index (χ2v) is 5.94. The third-order valence-corrected chi connectivity index (χ3v) is 4.63. The molecule has 1 saturated carbocycles. The van der Waals surface area contributed by atoms with Crippen molar-refractivity contribution in [2.75, 3.05) is 7.11 Å². The molecule has 1 aromatic carbocycles. The van der Waals surface area contributed by atoms with Crippen LogP contribution in [0.4, 0.5) is 0 Å². The van der Waals surface area contributed by atoms with Gasteiger partial charge in [-0.15, -0.1) is 0 Å². The van der Waals surface area contributed by atoms with Crippen LogP contribution in [0.5, 0.6) is 5.75 Å². The fourth-order valence-electron chi connectivity index (χ4n) is 3.43. The smallest absolute Gasteiger partial charge is 0.140 e. The van der Waals surface area contributed by atoms with Crippen molar-refractivity contribution in [3.8, 4) is 5.75 Å². The van der Waals surface area contributed by atoms with E-state index in [9.17, 15) is 0 Å². The average molecular weight is 300 g/mol. The Morgan fingerprint density at radius 2 is 2.09 bits per heavy atom. The zero-order valence-corrected chi connectivity index (χ0v) is 13.3. The molecule has 2 aromatic rings. The molecule has 0 saturated heterocycles. The number of aromatic nitrogens is 3. The number of aryl methyl sites for hydroxylation is 1. The number of methoxy groups -OCH3 is 1. The Morgan fingerprint density at radius 1 is 1.32 bits per heavy atom. The van der Waals surface area contributed by atoms with Gasteiger partial charge in [-0.1, -0.05) is 31.0 Å². The van der Waals surface area contributed by atoms with Gasteiger partial charge in [0.25, 0.3) is 0 Å². The molecule has 1 heterocycles. The fourth-order valence-corrected chi connectivity index (χ4v) is 3.43. The highest BCUT2D eigenvalue weighted by Gasteiger charge is 2.28. The third-order valence-electron chi connectivity index (χ3n) is 4.63. The first kappa shape index (κ1) is 15.0. The fraction of sp³-hybridized carbons (Fsp3) is 0.529. The number of nitrogens with zero attached hydrogens (tertiary/aromatic N) is 3. The van der Waals surface area contributed by atoms with E-state index >= 15 is 0 Å². The Kier molecular flexibility index (Phi) is 4.73. The van der Waals surface area contributed by atoms with Crippen molar-refractivity contribution in [2.45, 2.75) is 38.3 Å². The van der Waals surface area contributed by atoms with Gasteiger partial charge in [0.1, 0.15) is 17.9 Å². The zero-order valence-electron chi connectivity index (χ0n) is 13.3. The molecule has 118 valence electrons. The molecule has 22 heavy (non-hydrogen) atoms. The minimum Gasteiger partial charge on any atom is -0.496 e. The molecule has 0 radical (unpaired) electrons. The number of para-hydroxylation sites is 1. The maximum atomic E-state index is 5.57. The first-order valence-corrected chi connectivity index (χ1v) is 7.98. The molecule has 0 amide bonds. The average Bonchev–Trinajstić information content (AvgIpc) is 3.20. The lowest BCUT2D eigenvalue weighted by atomic mass is 9.91. The first-order chi connectivity index (χ1) is 10.8. The molecule has 3 rings (SSSR count). The van der Waals surface area contributed by atoms with Crippen molar-refractivity contribution >= 4 is 0 Å². The van der Waals surface area contributed by atoms with Crippen LogP contribution in [-0.2, 0) is 13.6 Å². The molecule has 1 fully saturated rings. The second-order valence-electron chi connectivity index (χ2n) is 5.94. The van der Waals surface area contributed by atoms with E-state index in [1.54, 1.807) is 13.4 Å². The summed E-state index contributed by atoms with van der Waals surface area (Å²) in [4.78, 5) is 4.31. The van der Waals surface area contributed by atoms with Crippen LogP contribution in [0.3, 0.4) is 0 Å². The lowest BCUT2D eigenvalue weighted by molar-refractivity contribution is 0.339. The normalized spacial score (nSPS) is 16.8. The van der Waals surface area contributed by atoms with Gasteiger partial charge in [0, 0.05) is 18.7 Å². The molecule has 5 heteroatoms. The predicted octanol–water partition coefficient (Wildman–Crippen LogP) is 2.84. The Balaban J connectivity index is 1.82. The molecule has 1 aliphatic rings. The maximum absolute atomic E-state index is 5.57. The molecular formula is C17H24N4O. The summed E-state index contributed by atoms with van der Waals surface area (Å²) in [5, 5.41) is 7.83. The topological polar surface area (TPSA) is 52.0 Å². The second kappa shape index (κ2) is 6.92.